The maximum Gasteiger partial charge on any atom is 0.416 e. The largest absolute Gasteiger partial charge is 0.416 e. The van der Waals surface area contributed by atoms with E-state index in [2.05, 4.69) is 20.3 Å². The lowest BCUT2D eigenvalue weighted by molar-refractivity contribution is -0.138. The molecule has 0 saturated carbocycles. The number of anilines is 1. The van der Waals surface area contributed by atoms with Crippen molar-refractivity contribution in [3.05, 3.63) is 53.3 Å². The number of aryl methyl sites for hydroxylation is 2. The summed E-state index contributed by atoms with van der Waals surface area (Å²) in [6.07, 6.45) is -1.23. The summed E-state index contributed by atoms with van der Waals surface area (Å²) in [6, 6.07) is 7.24. The van der Waals surface area contributed by atoms with Gasteiger partial charge in [-0.15, -0.1) is 0 Å². The molecule has 3 aromatic rings. The van der Waals surface area contributed by atoms with Gasteiger partial charge < -0.3 is 10.2 Å². The fraction of sp³-hybridized carbons (Fsp3) is 0.409. The Morgan fingerprint density at radius 1 is 1.26 bits per heavy atom. The van der Waals surface area contributed by atoms with Gasteiger partial charge in [0, 0.05) is 38.3 Å². The third-order valence-corrected chi connectivity index (χ3v) is 5.79. The van der Waals surface area contributed by atoms with Gasteiger partial charge in [-0.05, 0) is 37.5 Å². The number of alkyl halides is 3. The highest BCUT2D eigenvalue weighted by Crippen LogP contribution is 2.32. The van der Waals surface area contributed by atoms with E-state index < -0.39 is 11.7 Å². The van der Waals surface area contributed by atoms with Crippen molar-refractivity contribution in [1.29, 1.82) is 0 Å². The zero-order valence-electron chi connectivity index (χ0n) is 17.4. The highest BCUT2D eigenvalue weighted by molar-refractivity contribution is 5.91. The maximum atomic E-state index is 13.2. The number of nitrogens with one attached hydrogen (secondary N) is 1. The molecular formula is C22H24F3N5O. The number of aromatic nitrogens is 3. The Morgan fingerprint density at radius 3 is 2.81 bits per heavy atom. The van der Waals surface area contributed by atoms with Gasteiger partial charge in [0.15, 0.2) is 5.82 Å². The zero-order valence-corrected chi connectivity index (χ0v) is 17.4. The molecule has 1 atom stereocenters. The number of carbonyl (C=O) groups excluding carboxylic acids is 1. The van der Waals surface area contributed by atoms with E-state index in [-0.39, 0.29) is 23.9 Å². The molecule has 2 aromatic heterocycles. The Kier molecular flexibility index (Phi) is 5.60. The minimum Gasteiger partial charge on any atom is -0.354 e. The average molecular weight is 431 g/mol. The molecule has 9 heteroatoms. The molecule has 1 N–H and O–H groups in total. The molecule has 4 rings (SSSR count). The van der Waals surface area contributed by atoms with Crippen molar-refractivity contribution in [2.75, 3.05) is 18.0 Å². The topological polar surface area (TPSA) is 63.1 Å². The Hall–Kier alpha value is -3.10. The molecule has 0 aliphatic carbocycles. The number of carbonyl (C=O) groups is 1. The first-order chi connectivity index (χ1) is 14.8. The first-order valence-corrected chi connectivity index (χ1v) is 10.2. The van der Waals surface area contributed by atoms with Gasteiger partial charge in [0.1, 0.15) is 5.52 Å². The molecule has 3 heterocycles. The summed E-state index contributed by atoms with van der Waals surface area (Å²) in [5.74, 6) is 0.216. The van der Waals surface area contributed by atoms with Gasteiger partial charge in [0.05, 0.1) is 17.2 Å². The molecule has 0 radical (unpaired) electrons. The van der Waals surface area contributed by atoms with Gasteiger partial charge in [-0.2, -0.15) is 18.3 Å². The monoisotopic (exact) mass is 431 g/mol. The minimum atomic E-state index is -4.45. The number of nitrogens with zero attached hydrogens (tertiary/aromatic N) is 4. The number of amides is 1. The minimum absolute atomic E-state index is 0.0628. The predicted octanol–water partition coefficient (Wildman–Crippen LogP) is 3.83. The molecule has 1 aliphatic heterocycles. The van der Waals surface area contributed by atoms with Crippen LogP contribution in [0.25, 0.3) is 10.9 Å². The van der Waals surface area contributed by atoms with Gasteiger partial charge in [0.25, 0.3) is 0 Å². The van der Waals surface area contributed by atoms with E-state index >= 15 is 0 Å². The molecule has 1 unspecified atom stereocenters. The van der Waals surface area contributed by atoms with Crippen LogP contribution in [0, 0.1) is 12.8 Å². The molecule has 0 spiro atoms. The Labute approximate surface area is 178 Å². The van der Waals surface area contributed by atoms with Crippen LogP contribution in [0.15, 0.2) is 36.5 Å². The molecule has 31 heavy (non-hydrogen) atoms. The summed E-state index contributed by atoms with van der Waals surface area (Å²) in [7, 11) is 1.87. The number of halogens is 3. The van der Waals surface area contributed by atoms with Crippen LogP contribution in [0.5, 0.6) is 0 Å². The Morgan fingerprint density at radius 2 is 2.03 bits per heavy atom. The molecule has 1 fully saturated rings. The zero-order chi connectivity index (χ0) is 22.2. The van der Waals surface area contributed by atoms with Crippen molar-refractivity contribution in [2.24, 2.45) is 13.0 Å². The lowest BCUT2D eigenvalue weighted by Gasteiger charge is -2.33. The second-order valence-corrected chi connectivity index (χ2v) is 7.90. The lowest BCUT2D eigenvalue weighted by Crippen LogP contribution is -2.43. The second-order valence-electron chi connectivity index (χ2n) is 7.90. The van der Waals surface area contributed by atoms with E-state index in [1.54, 1.807) is 16.9 Å². The fourth-order valence-corrected chi connectivity index (χ4v) is 4.28. The summed E-state index contributed by atoms with van der Waals surface area (Å²) < 4.78 is 41.4. The number of rotatable bonds is 4. The highest BCUT2D eigenvalue weighted by atomic mass is 19.4. The van der Waals surface area contributed by atoms with E-state index in [1.165, 1.54) is 12.1 Å². The van der Waals surface area contributed by atoms with Crippen LogP contribution in [0.4, 0.5) is 19.0 Å². The van der Waals surface area contributed by atoms with E-state index in [0.29, 0.717) is 13.0 Å². The number of hydrogen-bond acceptors (Lipinski definition) is 4. The van der Waals surface area contributed by atoms with Crippen LogP contribution in [-0.2, 0) is 24.6 Å². The van der Waals surface area contributed by atoms with Crippen LogP contribution < -0.4 is 10.2 Å². The van der Waals surface area contributed by atoms with Crippen molar-refractivity contribution in [3.63, 3.8) is 0 Å². The van der Waals surface area contributed by atoms with Crippen LogP contribution in [-0.4, -0.2) is 33.8 Å². The molecule has 6 nitrogen and oxygen atoms in total. The summed E-state index contributed by atoms with van der Waals surface area (Å²) in [5.41, 5.74) is 1.17. The standard InChI is InChI=1S/C22H24F3N5O/c1-14-17-9-10-26-20(19(17)29(2)28-14)30-11-5-7-16(13-30)21(31)27-12-15-6-3-4-8-18(15)22(23,24)25/h3-4,6,8-10,16H,5,7,11-13H2,1-2H3,(H,27,31). The number of hydrogen-bond donors (Lipinski definition) is 1. The third-order valence-electron chi connectivity index (χ3n) is 5.79. The molecule has 164 valence electrons. The Bertz CT molecular complexity index is 1110. The van der Waals surface area contributed by atoms with E-state index in [1.807, 2.05) is 20.0 Å². The summed E-state index contributed by atoms with van der Waals surface area (Å²) in [4.78, 5) is 19.4. The first kappa shape index (κ1) is 21.1. The van der Waals surface area contributed by atoms with Crippen molar-refractivity contribution in [3.8, 4) is 0 Å². The molecule has 1 aliphatic rings. The molecular weight excluding hydrogens is 407 g/mol. The average Bonchev–Trinajstić information content (AvgIpc) is 3.05. The van der Waals surface area contributed by atoms with E-state index in [4.69, 9.17) is 0 Å². The number of pyridine rings is 1. The summed E-state index contributed by atoms with van der Waals surface area (Å²) in [6.45, 7) is 3.01. The van der Waals surface area contributed by atoms with Gasteiger partial charge >= 0.3 is 6.18 Å². The van der Waals surface area contributed by atoms with Gasteiger partial charge in [-0.1, -0.05) is 18.2 Å². The molecule has 1 aromatic carbocycles. The quantitative estimate of drug-likeness (QED) is 0.682. The fourth-order valence-electron chi connectivity index (χ4n) is 4.28. The number of benzene rings is 1. The lowest BCUT2D eigenvalue weighted by atomic mass is 9.96. The molecule has 1 saturated heterocycles. The molecule has 1 amide bonds. The van der Waals surface area contributed by atoms with Crippen molar-refractivity contribution in [1.82, 2.24) is 20.1 Å². The van der Waals surface area contributed by atoms with Crippen molar-refractivity contribution < 1.29 is 18.0 Å². The van der Waals surface area contributed by atoms with Crippen LogP contribution in [0.3, 0.4) is 0 Å². The van der Waals surface area contributed by atoms with E-state index in [0.717, 1.165) is 41.4 Å². The van der Waals surface area contributed by atoms with Crippen LogP contribution in [0.1, 0.15) is 29.7 Å². The second kappa shape index (κ2) is 8.20. The van der Waals surface area contributed by atoms with Gasteiger partial charge in [-0.25, -0.2) is 4.98 Å². The summed E-state index contributed by atoms with van der Waals surface area (Å²) in [5, 5.41) is 8.19. The normalized spacial score (nSPS) is 17.2. The van der Waals surface area contributed by atoms with Gasteiger partial charge in [0.2, 0.25) is 5.91 Å². The van der Waals surface area contributed by atoms with Crippen LogP contribution >= 0.6 is 0 Å². The van der Waals surface area contributed by atoms with Crippen LogP contribution in [0.2, 0.25) is 0 Å². The van der Waals surface area contributed by atoms with E-state index in [9.17, 15) is 18.0 Å². The third kappa shape index (κ3) is 4.22. The SMILES string of the molecule is Cc1nn(C)c2c(N3CCCC(C(=O)NCc4ccccc4C(F)(F)F)C3)nccc12. The number of piperidine rings is 1. The predicted molar refractivity (Wildman–Crippen MR) is 111 cm³/mol. The maximum absolute atomic E-state index is 13.2. The van der Waals surface area contributed by atoms with Gasteiger partial charge in [-0.3, -0.25) is 9.48 Å². The highest BCUT2D eigenvalue weighted by Gasteiger charge is 2.33. The van der Waals surface area contributed by atoms with Crippen molar-refractivity contribution >= 4 is 22.6 Å². The molecule has 0 bridgehead atoms. The van der Waals surface area contributed by atoms with Crippen molar-refractivity contribution in [2.45, 2.75) is 32.5 Å². The first-order valence-electron chi connectivity index (χ1n) is 10.2. The summed E-state index contributed by atoms with van der Waals surface area (Å²) >= 11 is 0. The smallest absolute Gasteiger partial charge is 0.354 e. The number of fused-ring (bicyclic) bond motifs is 1. The Balaban J connectivity index is 1.48.